The first kappa shape index (κ1) is 17.6. The highest BCUT2D eigenvalue weighted by atomic mass is 79.9. The average molecular weight is 399 g/mol. The fourth-order valence-electron chi connectivity index (χ4n) is 2.81. The summed E-state index contributed by atoms with van der Waals surface area (Å²) in [5, 5.41) is 14.2. The topological polar surface area (TPSA) is 62.2 Å². The molecule has 25 heavy (non-hydrogen) atoms. The Morgan fingerprint density at radius 1 is 1.16 bits per heavy atom. The van der Waals surface area contributed by atoms with Crippen LogP contribution in [0.15, 0.2) is 59.1 Å². The molecule has 0 saturated carbocycles. The van der Waals surface area contributed by atoms with Crippen molar-refractivity contribution in [2.75, 3.05) is 0 Å². The second-order valence-corrected chi connectivity index (χ2v) is 7.00. The quantitative estimate of drug-likeness (QED) is 0.693. The van der Waals surface area contributed by atoms with Crippen molar-refractivity contribution >= 4 is 32.7 Å². The van der Waals surface area contributed by atoms with E-state index in [0.717, 1.165) is 26.6 Å². The lowest BCUT2D eigenvalue weighted by Gasteiger charge is -2.21. The molecule has 3 rings (SSSR count). The summed E-state index contributed by atoms with van der Waals surface area (Å²) in [5.74, 6) is -0.217. The Bertz CT molecular complexity index is 909. The highest BCUT2D eigenvalue weighted by Crippen LogP contribution is 2.21. The highest BCUT2D eigenvalue weighted by molar-refractivity contribution is 9.10. The number of carbonyl (C=O) groups is 1. The van der Waals surface area contributed by atoms with Crippen molar-refractivity contribution in [3.63, 3.8) is 0 Å². The maximum absolute atomic E-state index is 12.8. The Morgan fingerprint density at radius 2 is 1.84 bits per heavy atom. The van der Waals surface area contributed by atoms with Crippen molar-refractivity contribution in [2.24, 2.45) is 0 Å². The van der Waals surface area contributed by atoms with Gasteiger partial charge in [0.2, 0.25) is 0 Å². The van der Waals surface area contributed by atoms with Crippen LogP contribution in [0, 0.1) is 6.92 Å². The molecule has 0 spiro atoms. The summed E-state index contributed by atoms with van der Waals surface area (Å²) in [6, 6.07) is 16.3. The number of halogens is 1. The molecule has 2 aromatic carbocycles. The second-order valence-electron chi connectivity index (χ2n) is 6.09. The van der Waals surface area contributed by atoms with E-state index in [9.17, 15) is 9.90 Å². The zero-order valence-electron chi connectivity index (χ0n) is 14.0. The van der Waals surface area contributed by atoms with Crippen molar-refractivity contribution in [2.45, 2.75) is 26.0 Å². The zero-order valence-corrected chi connectivity index (χ0v) is 15.6. The van der Waals surface area contributed by atoms with Gasteiger partial charge < -0.3 is 10.4 Å². The molecule has 0 aliphatic heterocycles. The van der Waals surface area contributed by atoms with E-state index in [4.69, 9.17) is 0 Å². The number of aryl methyl sites for hydroxylation is 1. The predicted octanol–water partition coefficient (Wildman–Crippen LogP) is 4.16. The van der Waals surface area contributed by atoms with Crippen LogP contribution in [0.25, 0.3) is 10.9 Å². The summed E-state index contributed by atoms with van der Waals surface area (Å²) in [7, 11) is 0. The molecule has 3 aromatic rings. The van der Waals surface area contributed by atoms with Gasteiger partial charge in [0.15, 0.2) is 0 Å². The number of amides is 1. The fraction of sp³-hybridized carbons (Fsp3) is 0.200. The Hall–Kier alpha value is -2.24. The van der Waals surface area contributed by atoms with Gasteiger partial charge in [-0.3, -0.25) is 9.78 Å². The summed E-state index contributed by atoms with van der Waals surface area (Å²) in [4.78, 5) is 17.2. The van der Waals surface area contributed by atoms with E-state index < -0.39 is 12.1 Å². The van der Waals surface area contributed by atoms with E-state index in [1.807, 2.05) is 55.5 Å². The van der Waals surface area contributed by atoms with Gasteiger partial charge in [0.05, 0.1) is 23.2 Å². The van der Waals surface area contributed by atoms with Gasteiger partial charge in [-0.25, -0.2) is 0 Å². The zero-order chi connectivity index (χ0) is 18.0. The standard InChI is InChI=1S/C20H19BrN2O2/c1-12-11-17(16-5-3-4-6-18(16)22-12)20(25)23-13(2)19(24)14-7-9-15(21)10-8-14/h3-11,13,19,24H,1-2H3,(H,23,25)/t13-,19+/m1/s1. The van der Waals surface area contributed by atoms with Crippen molar-refractivity contribution in [3.05, 3.63) is 75.9 Å². The minimum absolute atomic E-state index is 0.217. The van der Waals surface area contributed by atoms with Crippen molar-refractivity contribution < 1.29 is 9.90 Å². The smallest absolute Gasteiger partial charge is 0.252 e. The molecule has 5 heteroatoms. The monoisotopic (exact) mass is 398 g/mol. The molecule has 2 atom stereocenters. The Kier molecular flexibility index (Phi) is 5.16. The van der Waals surface area contributed by atoms with Crippen LogP contribution in [0.5, 0.6) is 0 Å². The summed E-state index contributed by atoms with van der Waals surface area (Å²) < 4.78 is 0.943. The number of rotatable bonds is 4. The minimum Gasteiger partial charge on any atom is -0.386 e. The third-order valence-corrected chi connectivity index (χ3v) is 4.66. The van der Waals surface area contributed by atoms with Crippen LogP contribution in [-0.2, 0) is 0 Å². The largest absolute Gasteiger partial charge is 0.386 e. The van der Waals surface area contributed by atoms with E-state index in [1.54, 1.807) is 13.0 Å². The van der Waals surface area contributed by atoms with Gasteiger partial charge in [-0.05, 0) is 43.7 Å². The van der Waals surface area contributed by atoms with E-state index in [1.165, 1.54) is 0 Å². The van der Waals surface area contributed by atoms with Crippen molar-refractivity contribution in [3.8, 4) is 0 Å². The van der Waals surface area contributed by atoms with Gasteiger partial charge in [-0.2, -0.15) is 0 Å². The van der Waals surface area contributed by atoms with Crippen LogP contribution in [0.4, 0.5) is 0 Å². The normalized spacial score (nSPS) is 13.4. The van der Waals surface area contributed by atoms with Crippen molar-refractivity contribution in [1.29, 1.82) is 0 Å². The van der Waals surface area contributed by atoms with Gasteiger partial charge in [-0.1, -0.05) is 46.3 Å². The number of nitrogens with one attached hydrogen (secondary N) is 1. The van der Waals surface area contributed by atoms with Crippen LogP contribution in [0.2, 0.25) is 0 Å². The molecule has 0 fully saturated rings. The first-order valence-corrected chi connectivity index (χ1v) is 8.86. The molecular weight excluding hydrogens is 380 g/mol. The number of carbonyl (C=O) groups excluding carboxylic acids is 1. The number of hydrogen-bond donors (Lipinski definition) is 2. The van der Waals surface area contributed by atoms with Gasteiger partial charge >= 0.3 is 0 Å². The number of aliphatic hydroxyl groups excluding tert-OH is 1. The lowest BCUT2D eigenvalue weighted by Crippen LogP contribution is -2.37. The number of nitrogens with zero attached hydrogens (tertiary/aromatic N) is 1. The predicted molar refractivity (Wildman–Crippen MR) is 103 cm³/mol. The van der Waals surface area contributed by atoms with E-state index in [0.29, 0.717) is 5.56 Å². The fourth-order valence-corrected chi connectivity index (χ4v) is 3.07. The molecule has 0 bridgehead atoms. The SMILES string of the molecule is Cc1cc(C(=O)N[C@H](C)[C@H](O)c2ccc(Br)cc2)c2ccccc2n1. The lowest BCUT2D eigenvalue weighted by atomic mass is 10.0. The highest BCUT2D eigenvalue weighted by Gasteiger charge is 2.20. The summed E-state index contributed by atoms with van der Waals surface area (Å²) in [6.45, 7) is 3.66. The maximum atomic E-state index is 12.8. The van der Waals surface area contributed by atoms with Crippen LogP contribution in [-0.4, -0.2) is 22.0 Å². The molecular formula is C20H19BrN2O2. The Labute approximate surface area is 155 Å². The van der Waals surface area contributed by atoms with Gasteiger partial charge in [0.25, 0.3) is 5.91 Å². The van der Waals surface area contributed by atoms with E-state index >= 15 is 0 Å². The molecule has 1 aromatic heterocycles. The number of benzene rings is 2. The second kappa shape index (κ2) is 7.33. The van der Waals surface area contributed by atoms with Gasteiger partial charge in [0.1, 0.15) is 0 Å². The van der Waals surface area contributed by atoms with Crippen LogP contribution in [0.3, 0.4) is 0 Å². The van der Waals surface area contributed by atoms with Crippen LogP contribution < -0.4 is 5.32 Å². The average Bonchev–Trinajstić information content (AvgIpc) is 2.60. The molecule has 2 N–H and O–H groups in total. The first-order valence-electron chi connectivity index (χ1n) is 8.06. The number of pyridine rings is 1. The van der Waals surface area contributed by atoms with E-state index in [2.05, 4.69) is 26.2 Å². The summed E-state index contributed by atoms with van der Waals surface area (Å²) >= 11 is 3.37. The molecule has 1 heterocycles. The molecule has 128 valence electrons. The number of aliphatic hydroxyl groups is 1. The third kappa shape index (κ3) is 3.89. The first-order chi connectivity index (χ1) is 12.0. The number of fused-ring (bicyclic) bond motifs is 1. The minimum atomic E-state index is -0.786. The summed E-state index contributed by atoms with van der Waals surface area (Å²) in [6.07, 6.45) is -0.786. The number of hydrogen-bond acceptors (Lipinski definition) is 3. The maximum Gasteiger partial charge on any atom is 0.252 e. The Morgan fingerprint density at radius 3 is 2.56 bits per heavy atom. The molecule has 0 aliphatic carbocycles. The van der Waals surface area contributed by atoms with E-state index in [-0.39, 0.29) is 5.91 Å². The molecule has 0 radical (unpaired) electrons. The summed E-state index contributed by atoms with van der Waals surface area (Å²) in [5.41, 5.74) is 2.89. The van der Waals surface area contributed by atoms with Crippen LogP contribution in [0.1, 0.15) is 34.6 Å². The molecule has 1 amide bonds. The van der Waals surface area contributed by atoms with Gasteiger partial charge in [0, 0.05) is 15.6 Å². The third-order valence-electron chi connectivity index (χ3n) is 4.13. The Balaban J connectivity index is 1.83. The number of para-hydroxylation sites is 1. The lowest BCUT2D eigenvalue weighted by molar-refractivity contribution is 0.0853. The molecule has 0 aliphatic rings. The van der Waals surface area contributed by atoms with Crippen molar-refractivity contribution in [1.82, 2.24) is 10.3 Å². The molecule has 4 nitrogen and oxygen atoms in total. The number of aromatic nitrogens is 1. The molecule has 0 unspecified atom stereocenters. The molecule has 0 saturated heterocycles. The van der Waals surface area contributed by atoms with Crippen LogP contribution >= 0.6 is 15.9 Å². The van der Waals surface area contributed by atoms with Gasteiger partial charge in [-0.15, -0.1) is 0 Å².